The van der Waals surface area contributed by atoms with Gasteiger partial charge in [0.1, 0.15) is 11.4 Å². The highest BCUT2D eigenvalue weighted by Gasteiger charge is 2.33. The number of nitrogens with one attached hydrogen (secondary N) is 1. The summed E-state index contributed by atoms with van der Waals surface area (Å²) < 4.78 is 6.00. The maximum atomic E-state index is 6.00. The fourth-order valence-electron chi connectivity index (χ4n) is 2.12. The number of ether oxygens (including phenoxy) is 1. The number of hydrogen-bond donors (Lipinski definition) is 1. The molecule has 0 saturated carbocycles. The third-order valence-corrected chi connectivity index (χ3v) is 2.97. The molecule has 1 aromatic rings. The normalized spacial score (nSPS) is 19.3. The zero-order chi connectivity index (χ0) is 14.7. The van der Waals surface area contributed by atoms with Crippen LogP contribution in [0.25, 0.3) is 0 Å². The van der Waals surface area contributed by atoms with Crippen molar-refractivity contribution >= 4 is 0 Å². The minimum absolute atomic E-state index is 0.00808. The van der Waals surface area contributed by atoms with Crippen LogP contribution in [0, 0.1) is 0 Å². The smallest absolute Gasteiger partial charge is 0.123 e. The van der Waals surface area contributed by atoms with Crippen molar-refractivity contribution in [1.29, 1.82) is 0 Å². The third-order valence-electron chi connectivity index (χ3n) is 2.97. The number of benzene rings is 1. The summed E-state index contributed by atoms with van der Waals surface area (Å²) in [6.07, 6.45) is 2.10. The SMILES string of the molecule is CC.CC.CCNCCC1(C)Cc2ccccc2O1. The van der Waals surface area contributed by atoms with E-state index in [1.54, 1.807) is 0 Å². The largest absolute Gasteiger partial charge is 0.487 e. The van der Waals surface area contributed by atoms with Crippen LogP contribution in [0.15, 0.2) is 24.3 Å². The van der Waals surface area contributed by atoms with Crippen molar-refractivity contribution in [2.75, 3.05) is 13.1 Å². The standard InChI is InChI=1S/C13H19NO.2C2H6/c1-3-14-9-8-13(2)10-11-6-4-5-7-12(11)15-13;2*1-2/h4-7,14H,3,8-10H2,1-2H3;2*1-2H3. The van der Waals surface area contributed by atoms with Crippen LogP contribution in [0.5, 0.6) is 5.75 Å². The third kappa shape index (κ3) is 5.65. The molecule has 2 nitrogen and oxygen atoms in total. The van der Waals surface area contributed by atoms with Gasteiger partial charge in [0.2, 0.25) is 0 Å². The molecule has 0 amide bonds. The Balaban J connectivity index is 0.000000741. The summed E-state index contributed by atoms with van der Waals surface area (Å²) in [4.78, 5) is 0. The summed E-state index contributed by atoms with van der Waals surface area (Å²) in [5, 5.41) is 3.35. The van der Waals surface area contributed by atoms with E-state index >= 15 is 0 Å². The molecule has 19 heavy (non-hydrogen) atoms. The van der Waals surface area contributed by atoms with Gasteiger partial charge in [0.25, 0.3) is 0 Å². The van der Waals surface area contributed by atoms with Gasteiger partial charge >= 0.3 is 0 Å². The average Bonchev–Trinajstić information content (AvgIpc) is 2.80. The van der Waals surface area contributed by atoms with Crippen molar-refractivity contribution in [3.8, 4) is 5.75 Å². The number of para-hydroxylation sites is 1. The summed E-state index contributed by atoms with van der Waals surface area (Å²) in [6.45, 7) is 14.4. The summed E-state index contributed by atoms with van der Waals surface area (Å²) >= 11 is 0. The van der Waals surface area contributed by atoms with E-state index in [0.29, 0.717) is 0 Å². The molecule has 0 bridgehead atoms. The fraction of sp³-hybridized carbons (Fsp3) is 0.647. The first-order chi connectivity index (χ1) is 9.23. The van der Waals surface area contributed by atoms with Gasteiger partial charge in [0, 0.05) is 6.42 Å². The van der Waals surface area contributed by atoms with Crippen LogP contribution in [0.4, 0.5) is 0 Å². The molecule has 1 N–H and O–H groups in total. The van der Waals surface area contributed by atoms with Gasteiger partial charge in [-0.2, -0.15) is 0 Å². The number of hydrogen-bond acceptors (Lipinski definition) is 2. The van der Waals surface area contributed by atoms with Crippen molar-refractivity contribution in [2.24, 2.45) is 0 Å². The van der Waals surface area contributed by atoms with Crippen LogP contribution in [0.3, 0.4) is 0 Å². The summed E-state index contributed by atoms with van der Waals surface area (Å²) in [6, 6.07) is 8.34. The maximum absolute atomic E-state index is 6.00. The molecule has 0 saturated heterocycles. The molecule has 0 aliphatic carbocycles. The predicted octanol–water partition coefficient (Wildman–Crippen LogP) is 4.43. The molecular weight excluding hydrogens is 234 g/mol. The second-order valence-corrected chi connectivity index (χ2v) is 4.44. The van der Waals surface area contributed by atoms with Crippen LogP contribution in [0.2, 0.25) is 0 Å². The molecule has 2 rings (SSSR count). The Morgan fingerprint density at radius 3 is 2.37 bits per heavy atom. The average molecular weight is 265 g/mol. The van der Waals surface area contributed by atoms with Gasteiger partial charge in [0.05, 0.1) is 0 Å². The molecule has 0 fully saturated rings. The molecule has 1 aliphatic heterocycles. The van der Waals surface area contributed by atoms with Gasteiger partial charge in [0.15, 0.2) is 0 Å². The van der Waals surface area contributed by atoms with Crippen molar-refractivity contribution < 1.29 is 4.74 Å². The van der Waals surface area contributed by atoms with Crippen molar-refractivity contribution in [2.45, 2.75) is 60.0 Å². The Morgan fingerprint density at radius 1 is 1.16 bits per heavy atom. The Labute approximate surface area is 119 Å². The maximum Gasteiger partial charge on any atom is 0.123 e. The molecule has 1 aromatic carbocycles. The molecule has 0 spiro atoms. The lowest BCUT2D eigenvalue weighted by molar-refractivity contribution is 0.106. The van der Waals surface area contributed by atoms with E-state index in [0.717, 1.165) is 31.7 Å². The lowest BCUT2D eigenvalue weighted by atomic mass is 9.96. The monoisotopic (exact) mass is 265 g/mol. The van der Waals surface area contributed by atoms with E-state index < -0.39 is 0 Å². The van der Waals surface area contributed by atoms with E-state index in [1.807, 2.05) is 33.8 Å². The highest BCUT2D eigenvalue weighted by atomic mass is 16.5. The molecule has 0 aromatic heterocycles. The second-order valence-electron chi connectivity index (χ2n) is 4.44. The highest BCUT2D eigenvalue weighted by Crippen LogP contribution is 2.36. The molecular formula is C17H31NO. The van der Waals surface area contributed by atoms with Crippen molar-refractivity contribution in [3.63, 3.8) is 0 Å². The van der Waals surface area contributed by atoms with Gasteiger partial charge in [-0.1, -0.05) is 52.8 Å². The molecule has 1 heterocycles. The molecule has 1 aliphatic rings. The van der Waals surface area contributed by atoms with Gasteiger partial charge in [-0.05, 0) is 38.1 Å². The fourth-order valence-corrected chi connectivity index (χ4v) is 2.12. The number of rotatable bonds is 4. The molecule has 110 valence electrons. The van der Waals surface area contributed by atoms with E-state index in [4.69, 9.17) is 4.74 Å². The van der Waals surface area contributed by atoms with E-state index in [2.05, 4.69) is 37.4 Å². The molecule has 2 heteroatoms. The lowest BCUT2D eigenvalue weighted by Crippen LogP contribution is -2.34. The minimum Gasteiger partial charge on any atom is -0.487 e. The van der Waals surface area contributed by atoms with Crippen LogP contribution in [0.1, 0.15) is 53.5 Å². The summed E-state index contributed by atoms with van der Waals surface area (Å²) in [5.41, 5.74) is 1.34. The molecule has 1 atom stereocenters. The van der Waals surface area contributed by atoms with Crippen LogP contribution in [-0.2, 0) is 6.42 Å². The Bertz CT molecular complexity index is 311. The molecule has 0 radical (unpaired) electrons. The highest BCUT2D eigenvalue weighted by molar-refractivity contribution is 5.38. The predicted molar refractivity (Wildman–Crippen MR) is 85.0 cm³/mol. The Kier molecular flexibility index (Phi) is 9.32. The quantitative estimate of drug-likeness (QED) is 0.813. The molecule has 1 unspecified atom stereocenters. The van der Waals surface area contributed by atoms with Crippen LogP contribution < -0.4 is 10.1 Å². The van der Waals surface area contributed by atoms with Gasteiger partial charge < -0.3 is 10.1 Å². The Morgan fingerprint density at radius 2 is 1.79 bits per heavy atom. The second kappa shape index (κ2) is 9.85. The van der Waals surface area contributed by atoms with Crippen LogP contribution >= 0.6 is 0 Å². The van der Waals surface area contributed by atoms with E-state index in [1.165, 1.54) is 5.56 Å². The first-order valence-electron chi connectivity index (χ1n) is 7.71. The number of fused-ring (bicyclic) bond motifs is 1. The van der Waals surface area contributed by atoms with E-state index in [-0.39, 0.29) is 5.60 Å². The van der Waals surface area contributed by atoms with Gasteiger partial charge in [-0.25, -0.2) is 0 Å². The summed E-state index contributed by atoms with van der Waals surface area (Å²) in [5.74, 6) is 1.07. The Hall–Kier alpha value is -1.02. The summed E-state index contributed by atoms with van der Waals surface area (Å²) in [7, 11) is 0. The first-order valence-corrected chi connectivity index (χ1v) is 7.71. The van der Waals surface area contributed by atoms with Gasteiger partial charge in [-0.3, -0.25) is 0 Å². The topological polar surface area (TPSA) is 21.3 Å². The first kappa shape index (κ1) is 18.0. The van der Waals surface area contributed by atoms with Crippen molar-refractivity contribution in [1.82, 2.24) is 5.32 Å². The zero-order valence-electron chi connectivity index (χ0n) is 13.5. The minimum atomic E-state index is -0.00808. The van der Waals surface area contributed by atoms with Crippen LogP contribution in [-0.4, -0.2) is 18.7 Å². The zero-order valence-corrected chi connectivity index (χ0v) is 13.5. The van der Waals surface area contributed by atoms with Gasteiger partial charge in [-0.15, -0.1) is 0 Å². The van der Waals surface area contributed by atoms with Crippen molar-refractivity contribution in [3.05, 3.63) is 29.8 Å². The van der Waals surface area contributed by atoms with E-state index in [9.17, 15) is 0 Å². The lowest BCUT2D eigenvalue weighted by Gasteiger charge is -2.23.